The molecule has 1 aromatic rings. The summed E-state index contributed by atoms with van der Waals surface area (Å²) < 4.78 is 0. The second-order valence-corrected chi connectivity index (χ2v) is 7.14. The zero-order chi connectivity index (χ0) is 17.1. The van der Waals surface area contributed by atoms with Crippen LogP contribution in [0.4, 0.5) is 0 Å². The van der Waals surface area contributed by atoms with Gasteiger partial charge >= 0.3 is 0 Å². The predicted octanol–water partition coefficient (Wildman–Crippen LogP) is 2.01. The molecule has 3 rings (SSSR count). The number of hydrogen-bond donors (Lipinski definition) is 1. The van der Waals surface area contributed by atoms with E-state index in [4.69, 9.17) is 11.6 Å². The summed E-state index contributed by atoms with van der Waals surface area (Å²) in [5, 5.41) is 3.94. The van der Waals surface area contributed by atoms with Crippen LogP contribution in [-0.2, 0) is 4.79 Å². The third-order valence-electron chi connectivity index (χ3n) is 4.92. The molecule has 2 aliphatic rings. The second-order valence-electron chi connectivity index (χ2n) is 6.70. The van der Waals surface area contributed by atoms with Crippen LogP contribution in [0.25, 0.3) is 0 Å². The lowest BCUT2D eigenvalue weighted by molar-refractivity contribution is -0.138. The van der Waals surface area contributed by atoms with Gasteiger partial charge in [0.2, 0.25) is 5.91 Å². The van der Waals surface area contributed by atoms with Crippen LogP contribution >= 0.6 is 11.6 Å². The zero-order valence-electron chi connectivity index (χ0n) is 14.0. The number of carbonyl (C=O) groups excluding carboxylic acids is 2. The largest absolute Gasteiger partial charge is 0.339 e. The summed E-state index contributed by atoms with van der Waals surface area (Å²) in [7, 11) is 0. The summed E-state index contributed by atoms with van der Waals surface area (Å²) in [5.74, 6) is 0.356. The first-order valence-electron chi connectivity index (χ1n) is 8.61. The van der Waals surface area contributed by atoms with E-state index in [0.29, 0.717) is 42.8 Å². The second kappa shape index (κ2) is 7.53. The number of piperazine rings is 1. The van der Waals surface area contributed by atoms with Crippen molar-refractivity contribution in [3.8, 4) is 0 Å². The monoisotopic (exact) mass is 349 g/mol. The van der Waals surface area contributed by atoms with Gasteiger partial charge in [0, 0.05) is 48.7 Å². The lowest BCUT2D eigenvalue weighted by Crippen LogP contribution is -2.53. The summed E-state index contributed by atoms with van der Waals surface area (Å²) in [6.07, 6.45) is 1.81. The maximum atomic E-state index is 12.7. The zero-order valence-corrected chi connectivity index (χ0v) is 14.8. The van der Waals surface area contributed by atoms with Gasteiger partial charge in [0.05, 0.1) is 0 Å². The summed E-state index contributed by atoms with van der Waals surface area (Å²) in [6, 6.07) is 7.42. The quantitative estimate of drug-likeness (QED) is 0.888. The van der Waals surface area contributed by atoms with E-state index in [1.165, 1.54) is 0 Å². The van der Waals surface area contributed by atoms with Crippen molar-refractivity contribution in [1.82, 2.24) is 15.1 Å². The molecule has 130 valence electrons. The van der Waals surface area contributed by atoms with Gasteiger partial charge in [0.1, 0.15) is 0 Å². The minimum atomic E-state index is -0.0138. The van der Waals surface area contributed by atoms with Crippen LogP contribution in [-0.4, -0.2) is 60.4 Å². The van der Waals surface area contributed by atoms with Gasteiger partial charge in [-0.1, -0.05) is 17.7 Å². The van der Waals surface area contributed by atoms with E-state index < -0.39 is 0 Å². The first-order valence-corrected chi connectivity index (χ1v) is 8.99. The van der Waals surface area contributed by atoms with Gasteiger partial charge in [-0.15, -0.1) is 0 Å². The normalized spacial score (nSPS) is 24.8. The van der Waals surface area contributed by atoms with Gasteiger partial charge in [-0.25, -0.2) is 0 Å². The molecule has 1 N–H and O–H groups in total. The number of carbonyl (C=O) groups is 2. The molecule has 24 heavy (non-hydrogen) atoms. The molecule has 0 saturated carbocycles. The van der Waals surface area contributed by atoms with Gasteiger partial charge < -0.3 is 15.1 Å². The Morgan fingerprint density at radius 1 is 1.17 bits per heavy atom. The van der Waals surface area contributed by atoms with E-state index in [1.807, 2.05) is 4.90 Å². The minimum absolute atomic E-state index is 0.0138. The maximum Gasteiger partial charge on any atom is 0.254 e. The Balaban J connectivity index is 1.55. The molecule has 1 aromatic carbocycles. The van der Waals surface area contributed by atoms with Crippen LogP contribution in [0.3, 0.4) is 0 Å². The highest BCUT2D eigenvalue weighted by atomic mass is 35.5. The molecule has 0 aromatic heterocycles. The number of hydrogen-bond acceptors (Lipinski definition) is 3. The average molecular weight is 350 g/mol. The van der Waals surface area contributed by atoms with Crippen molar-refractivity contribution in [2.45, 2.75) is 25.8 Å². The minimum Gasteiger partial charge on any atom is -0.339 e. The molecule has 0 bridgehead atoms. The summed E-state index contributed by atoms with van der Waals surface area (Å²) in [5.41, 5.74) is 0.606. The molecule has 2 atom stereocenters. The summed E-state index contributed by atoms with van der Waals surface area (Å²) in [4.78, 5) is 28.9. The average Bonchev–Trinajstić information content (AvgIpc) is 2.60. The Bertz CT molecular complexity index is 614. The van der Waals surface area contributed by atoms with Gasteiger partial charge in [-0.2, -0.15) is 0 Å². The molecule has 2 aliphatic heterocycles. The SMILES string of the molecule is C[C@H]1C[C@@H](C(=O)N2CCN(C(=O)c3cccc(Cl)c3)CC2)CCN1. The van der Waals surface area contributed by atoms with Gasteiger partial charge in [0.15, 0.2) is 0 Å². The Morgan fingerprint density at radius 3 is 2.54 bits per heavy atom. The van der Waals surface area contributed by atoms with Crippen molar-refractivity contribution in [3.05, 3.63) is 34.9 Å². The van der Waals surface area contributed by atoms with Gasteiger partial charge in [-0.05, 0) is 44.5 Å². The molecule has 5 nitrogen and oxygen atoms in total. The molecule has 0 unspecified atom stereocenters. The van der Waals surface area contributed by atoms with Crippen LogP contribution in [0.5, 0.6) is 0 Å². The summed E-state index contributed by atoms with van der Waals surface area (Å²) >= 11 is 5.96. The van der Waals surface area contributed by atoms with Crippen molar-refractivity contribution < 1.29 is 9.59 Å². The molecule has 2 amide bonds. The molecular weight excluding hydrogens is 326 g/mol. The lowest BCUT2D eigenvalue weighted by Gasteiger charge is -2.38. The number of rotatable bonds is 2. The lowest BCUT2D eigenvalue weighted by atomic mass is 9.92. The van der Waals surface area contributed by atoms with Crippen molar-refractivity contribution in [2.24, 2.45) is 5.92 Å². The van der Waals surface area contributed by atoms with E-state index in [9.17, 15) is 9.59 Å². The molecule has 0 radical (unpaired) electrons. The van der Waals surface area contributed by atoms with Crippen molar-refractivity contribution in [3.63, 3.8) is 0 Å². The number of piperidine rings is 1. The fraction of sp³-hybridized carbons (Fsp3) is 0.556. The van der Waals surface area contributed by atoms with E-state index in [-0.39, 0.29) is 17.7 Å². The maximum absolute atomic E-state index is 12.7. The highest BCUT2D eigenvalue weighted by Gasteiger charge is 2.31. The van der Waals surface area contributed by atoms with Crippen LogP contribution in [0.1, 0.15) is 30.1 Å². The number of nitrogens with one attached hydrogen (secondary N) is 1. The van der Waals surface area contributed by atoms with E-state index >= 15 is 0 Å². The molecular formula is C18H24ClN3O2. The van der Waals surface area contributed by atoms with Crippen LogP contribution in [0.15, 0.2) is 24.3 Å². The number of nitrogens with zero attached hydrogens (tertiary/aromatic N) is 2. The Kier molecular flexibility index (Phi) is 5.41. The fourth-order valence-electron chi connectivity index (χ4n) is 3.55. The molecule has 6 heteroatoms. The van der Waals surface area contributed by atoms with E-state index in [0.717, 1.165) is 19.4 Å². The molecule has 2 saturated heterocycles. The Hall–Kier alpha value is -1.59. The van der Waals surface area contributed by atoms with Crippen molar-refractivity contribution in [2.75, 3.05) is 32.7 Å². The summed E-state index contributed by atoms with van der Waals surface area (Å²) in [6.45, 7) is 5.42. The number of amides is 2. The van der Waals surface area contributed by atoms with Crippen LogP contribution in [0.2, 0.25) is 5.02 Å². The number of benzene rings is 1. The topological polar surface area (TPSA) is 52.7 Å². The number of halogens is 1. The van der Waals surface area contributed by atoms with Crippen LogP contribution < -0.4 is 5.32 Å². The van der Waals surface area contributed by atoms with Crippen LogP contribution in [0, 0.1) is 5.92 Å². The van der Waals surface area contributed by atoms with Gasteiger partial charge in [-0.3, -0.25) is 9.59 Å². The predicted molar refractivity (Wildman–Crippen MR) is 94.1 cm³/mol. The van der Waals surface area contributed by atoms with Gasteiger partial charge in [0.25, 0.3) is 5.91 Å². The first-order chi connectivity index (χ1) is 11.5. The highest BCUT2D eigenvalue weighted by molar-refractivity contribution is 6.30. The Morgan fingerprint density at radius 2 is 1.88 bits per heavy atom. The third kappa shape index (κ3) is 3.90. The standard InChI is InChI=1S/C18H24ClN3O2/c1-13-11-15(5-6-20-13)18(24)22-9-7-21(8-10-22)17(23)14-3-2-4-16(19)12-14/h2-4,12-13,15,20H,5-11H2,1H3/t13-,15-/m0/s1. The highest BCUT2D eigenvalue weighted by Crippen LogP contribution is 2.20. The van der Waals surface area contributed by atoms with E-state index in [1.54, 1.807) is 29.2 Å². The fourth-order valence-corrected chi connectivity index (χ4v) is 3.74. The molecule has 0 spiro atoms. The van der Waals surface area contributed by atoms with Crippen molar-refractivity contribution in [1.29, 1.82) is 0 Å². The Labute approximate surface area is 147 Å². The van der Waals surface area contributed by atoms with Crippen molar-refractivity contribution >= 4 is 23.4 Å². The smallest absolute Gasteiger partial charge is 0.254 e. The third-order valence-corrected chi connectivity index (χ3v) is 5.16. The molecule has 2 fully saturated rings. The molecule has 2 heterocycles. The van der Waals surface area contributed by atoms with E-state index in [2.05, 4.69) is 12.2 Å². The molecule has 0 aliphatic carbocycles. The first kappa shape index (κ1) is 17.2.